The second-order valence-electron chi connectivity index (χ2n) is 4.72. The molecule has 1 aromatic carbocycles. The Morgan fingerprint density at radius 2 is 1.92 bits per heavy atom. The first kappa shape index (κ1) is 20.0. The maximum absolute atomic E-state index is 5.62. The van der Waals surface area contributed by atoms with E-state index in [1.807, 2.05) is 42.5 Å². The van der Waals surface area contributed by atoms with Crippen molar-refractivity contribution >= 4 is 29.9 Å². The largest absolute Gasteiger partial charge is 0.492 e. The Morgan fingerprint density at radius 1 is 1.12 bits per heavy atom. The fraction of sp³-hybridized carbons (Fsp3) is 0.294. The quantitative estimate of drug-likeness (QED) is 0.299. The lowest BCUT2D eigenvalue weighted by Gasteiger charge is -2.12. The van der Waals surface area contributed by atoms with Crippen LogP contribution in [-0.4, -0.2) is 38.3 Å². The molecule has 0 spiro atoms. The molecule has 1 heterocycles. The van der Waals surface area contributed by atoms with Gasteiger partial charge in [0.05, 0.1) is 13.7 Å². The highest BCUT2D eigenvalue weighted by Gasteiger charge is 2.00. The summed E-state index contributed by atoms with van der Waals surface area (Å²) >= 11 is 0. The third-order valence-electron chi connectivity index (χ3n) is 3.10. The Kier molecular flexibility index (Phi) is 9.59. The lowest BCUT2D eigenvalue weighted by Crippen LogP contribution is -2.38. The van der Waals surface area contributed by atoms with Crippen molar-refractivity contribution in [2.75, 3.05) is 27.3 Å². The lowest BCUT2D eigenvalue weighted by atomic mass is 10.3. The van der Waals surface area contributed by atoms with Crippen LogP contribution < -0.4 is 20.1 Å². The van der Waals surface area contributed by atoms with E-state index in [1.165, 1.54) is 0 Å². The zero-order valence-corrected chi connectivity index (χ0v) is 16.2. The van der Waals surface area contributed by atoms with Crippen molar-refractivity contribution in [1.82, 2.24) is 15.6 Å². The molecular formula is C17H23IN4O2. The number of aliphatic imine (C=N–C) groups is 1. The van der Waals surface area contributed by atoms with Gasteiger partial charge in [-0.2, -0.15) is 0 Å². The van der Waals surface area contributed by atoms with Gasteiger partial charge in [-0.15, -0.1) is 24.0 Å². The Hall–Kier alpha value is -2.03. The molecule has 130 valence electrons. The van der Waals surface area contributed by atoms with Crippen LogP contribution in [0, 0.1) is 0 Å². The van der Waals surface area contributed by atoms with Crippen molar-refractivity contribution < 1.29 is 9.47 Å². The standard InChI is InChI=1S/C17H22N4O2.HI/c1-18-17(19-10-11-23-15-6-4-3-5-7-15)21-13-14-8-9-16(22-2)20-12-14;/h3-9,12H,10-11,13H2,1-2H3,(H2,18,19,21);1H. The van der Waals surface area contributed by atoms with Gasteiger partial charge in [0, 0.05) is 25.9 Å². The maximum Gasteiger partial charge on any atom is 0.212 e. The Labute approximate surface area is 159 Å². The van der Waals surface area contributed by atoms with Crippen LogP contribution >= 0.6 is 24.0 Å². The third-order valence-corrected chi connectivity index (χ3v) is 3.10. The summed E-state index contributed by atoms with van der Waals surface area (Å²) in [4.78, 5) is 8.34. The van der Waals surface area contributed by atoms with Crippen molar-refractivity contribution in [2.45, 2.75) is 6.54 Å². The van der Waals surface area contributed by atoms with Crippen LogP contribution in [0.4, 0.5) is 0 Å². The van der Waals surface area contributed by atoms with E-state index in [-0.39, 0.29) is 24.0 Å². The van der Waals surface area contributed by atoms with Crippen molar-refractivity contribution in [3.8, 4) is 11.6 Å². The summed E-state index contributed by atoms with van der Waals surface area (Å²) < 4.78 is 10.7. The number of guanidine groups is 1. The van der Waals surface area contributed by atoms with Gasteiger partial charge in [0.25, 0.3) is 0 Å². The molecule has 0 aliphatic rings. The smallest absolute Gasteiger partial charge is 0.212 e. The van der Waals surface area contributed by atoms with Gasteiger partial charge >= 0.3 is 0 Å². The molecule has 0 radical (unpaired) electrons. The number of benzene rings is 1. The van der Waals surface area contributed by atoms with Crippen molar-refractivity contribution in [2.24, 2.45) is 4.99 Å². The van der Waals surface area contributed by atoms with Crippen molar-refractivity contribution in [3.05, 3.63) is 54.2 Å². The molecule has 0 bridgehead atoms. The minimum absolute atomic E-state index is 0. The average molecular weight is 442 g/mol. The number of pyridine rings is 1. The highest BCUT2D eigenvalue weighted by atomic mass is 127. The summed E-state index contributed by atoms with van der Waals surface area (Å²) in [5.74, 6) is 2.19. The number of hydrogen-bond donors (Lipinski definition) is 2. The van der Waals surface area contributed by atoms with Crippen molar-refractivity contribution in [3.63, 3.8) is 0 Å². The van der Waals surface area contributed by atoms with Gasteiger partial charge in [0.2, 0.25) is 5.88 Å². The highest BCUT2D eigenvalue weighted by molar-refractivity contribution is 14.0. The molecule has 0 aliphatic carbocycles. The van der Waals surface area contributed by atoms with E-state index < -0.39 is 0 Å². The van der Waals surface area contributed by atoms with Crippen LogP contribution in [0.15, 0.2) is 53.7 Å². The molecule has 0 fully saturated rings. The maximum atomic E-state index is 5.62. The van der Waals surface area contributed by atoms with Gasteiger partial charge in [-0.3, -0.25) is 4.99 Å². The molecule has 0 amide bonds. The van der Waals surface area contributed by atoms with Gasteiger partial charge in [-0.1, -0.05) is 24.3 Å². The fourth-order valence-electron chi connectivity index (χ4n) is 1.90. The van der Waals surface area contributed by atoms with E-state index in [0.717, 1.165) is 17.3 Å². The van der Waals surface area contributed by atoms with Crippen LogP contribution in [0.3, 0.4) is 0 Å². The van der Waals surface area contributed by atoms with Gasteiger partial charge < -0.3 is 20.1 Å². The lowest BCUT2D eigenvalue weighted by molar-refractivity contribution is 0.322. The summed E-state index contributed by atoms with van der Waals surface area (Å²) in [6.45, 7) is 1.86. The summed E-state index contributed by atoms with van der Waals surface area (Å²) in [6, 6.07) is 13.5. The predicted molar refractivity (Wildman–Crippen MR) is 106 cm³/mol. The number of aromatic nitrogens is 1. The molecule has 2 rings (SSSR count). The summed E-state index contributed by atoms with van der Waals surface area (Å²) in [6.07, 6.45) is 1.78. The normalized spacial score (nSPS) is 10.5. The first-order valence-electron chi connectivity index (χ1n) is 7.43. The van der Waals surface area contributed by atoms with Gasteiger partial charge in [0.1, 0.15) is 12.4 Å². The van der Waals surface area contributed by atoms with Crippen LogP contribution in [0.1, 0.15) is 5.56 Å². The number of nitrogens with zero attached hydrogens (tertiary/aromatic N) is 2. The Morgan fingerprint density at radius 3 is 2.54 bits per heavy atom. The molecule has 7 heteroatoms. The van der Waals surface area contributed by atoms with Gasteiger partial charge in [-0.25, -0.2) is 4.98 Å². The monoisotopic (exact) mass is 442 g/mol. The molecular weight excluding hydrogens is 419 g/mol. The molecule has 0 saturated heterocycles. The predicted octanol–water partition coefficient (Wildman–Crippen LogP) is 2.45. The SMILES string of the molecule is CN=C(NCCOc1ccccc1)NCc1ccc(OC)nc1.I. The molecule has 0 atom stereocenters. The minimum atomic E-state index is 0. The molecule has 2 N–H and O–H groups in total. The van der Waals surface area contributed by atoms with Gasteiger partial charge in [0.15, 0.2) is 5.96 Å². The summed E-state index contributed by atoms with van der Waals surface area (Å²) in [7, 11) is 3.34. The summed E-state index contributed by atoms with van der Waals surface area (Å²) in [5, 5.41) is 6.43. The fourth-order valence-corrected chi connectivity index (χ4v) is 1.90. The van der Waals surface area contributed by atoms with E-state index in [2.05, 4.69) is 20.6 Å². The van der Waals surface area contributed by atoms with Crippen molar-refractivity contribution in [1.29, 1.82) is 0 Å². The van der Waals surface area contributed by atoms with E-state index >= 15 is 0 Å². The number of methoxy groups -OCH3 is 1. The molecule has 0 saturated carbocycles. The number of ether oxygens (including phenoxy) is 2. The number of rotatable bonds is 7. The molecule has 24 heavy (non-hydrogen) atoms. The van der Waals surface area contributed by atoms with Crippen LogP contribution in [-0.2, 0) is 6.54 Å². The number of halogens is 1. The molecule has 2 aromatic rings. The average Bonchev–Trinajstić information content (AvgIpc) is 2.62. The topological polar surface area (TPSA) is 67.8 Å². The zero-order chi connectivity index (χ0) is 16.3. The Bertz CT molecular complexity index is 606. The van der Waals surface area contributed by atoms with Gasteiger partial charge in [-0.05, 0) is 17.7 Å². The second-order valence-corrected chi connectivity index (χ2v) is 4.72. The second kappa shape index (κ2) is 11.5. The number of para-hydroxylation sites is 1. The van der Waals surface area contributed by atoms with Crippen LogP contribution in [0.25, 0.3) is 0 Å². The van der Waals surface area contributed by atoms with E-state index in [1.54, 1.807) is 20.4 Å². The number of nitrogens with one attached hydrogen (secondary N) is 2. The van der Waals surface area contributed by atoms with Crippen LogP contribution in [0.5, 0.6) is 11.6 Å². The third kappa shape index (κ3) is 7.03. The van der Waals surface area contributed by atoms with E-state index in [4.69, 9.17) is 9.47 Å². The molecule has 6 nitrogen and oxygen atoms in total. The summed E-state index contributed by atoms with van der Waals surface area (Å²) in [5.41, 5.74) is 1.05. The Balaban J connectivity index is 0.00000288. The first-order valence-corrected chi connectivity index (χ1v) is 7.43. The van der Waals surface area contributed by atoms with E-state index in [0.29, 0.717) is 25.6 Å². The highest BCUT2D eigenvalue weighted by Crippen LogP contribution is 2.07. The molecule has 0 aliphatic heterocycles. The zero-order valence-electron chi connectivity index (χ0n) is 13.9. The molecule has 1 aromatic heterocycles. The van der Waals surface area contributed by atoms with Crippen LogP contribution in [0.2, 0.25) is 0 Å². The first-order chi connectivity index (χ1) is 11.3. The minimum Gasteiger partial charge on any atom is -0.492 e. The molecule has 0 unspecified atom stereocenters. The van der Waals surface area contributed by atoms with E-state index in [9.17, 15) is 0 Å². The number of hydrogen-bond acceptors (Lipinski definition) is 4.